The van der Waals surface area contributed by atoms with Crippen molar-refractivity contribution >= 4 is 11.6 Å². The van der Waals surface area contributed by atoms with Gasteiger partial charge in [-0.2, -0.15) is 0 Å². The Morgan fingerprint density at radius 1 is 1.19 bits per heavy atom. The monoisotopic (exact) mass is 284 g/mol. The summed E-state index contributed by atoms with van der Waals surface area (Å²) < 4.78 is 12.8. The van der Waals surface area contributed by atoms with Crippen LogP contribution in [0.25, 0.3) is 0 Å². The molecule has 21 heavy (non-hydrogen) atoms. The lowest BCUT2D eigenvalue weighted by Gasteiger charge is -2.12. The van der Waals surface area contributed by atoms with Crippen molar-refractivity contribution < 1.29 is 9.18 Å². The lowest BCUT2D eigenvalue weighted by atomic mass is 10.1. The number of hydrogen-bond acceptors (Lipinski definition) is 2. The first-order valence-electron chi connectivity index (χ1n) is 7.09. The second kappa shape index (κ2) is 5.95. The number of hydrogen-bond donors (Lipinski definition) is 2. The zero-order chi connectivity index (χ0) is 14.7. The fraction of sp³-hybridized carbons (Fsp3) is 0.235. The van der Waals surface area contributed by atoms with Crippen LogP contribution in [0.3, 0.4) is 0 Å². The highest BCUT2D eigenvalue weighted by Crippen LogP contribution is 2.24. The van der Waals surface area contributed by atoms with Crippen molar-refractivity contribution in [2.24, 2.45) is 0 Å². The summed E-state index contributed by atoms with van der Waals surface area (Å²) in [6.07, 6.45) is 1.42. The molecule has 0 radical (unpaired) electrons. The van der Waals surface area contributed by atoms with E-state index in [-0.39, 0.29) is 17.8 Å². The average Bonchev–Trinajstić information content (AvgIpc) is 2.93. The van der Waals surface area contributed by atoms with E-state index in [1.165, 1.54) is 17.7 Å². The molecule has 108 valence electrons. The zero-order valence-electron chi connectivity index (χ0n) is 11.6. The molecule has 2 N–H and O–H groups in total. The van der Waals surface area contributed by atoms with E-state index in [1.54, 1.807) is 12.1 Å². The van der Waals surface area contributed by atoms with Crippen LogP contribution in [0, 0.1) is 5.82 Å². The zero-order valence-corrected chi connectivity index (χ0v) is 11.6. The van der Waals surface area contributed by atoms with E-state index in [4.69, 9.17) is 0 Å². The van der Waals surface area contributed by atoms with E-state index in [0.29, 0.717) is 13.0 Å². The second-order valence-electron chi connectivity index (χ2n) is 5.23. The van der Waals surface area contributed by atoms with Crippen molar-refractivity contribution in [2.45, 2.75) is 18.9 Å². The van der Waals surface area contributed by atoms with Gasteiger partial charge in [0, 0.05) is 18.7 Å². The molecule has 0 saturated heterocycles. The number of halogens is 1. The number of carbonyl (C=O) groups excluding carboxylic acids is 1. The topological polar surface area (TPSA) is 41.1 Å². The predicted molar refractivity (Wildman–Crippen MR) is 80.7 cm³/mol. The van der Waals surface area contributed by atoms with Crippen LogP contribution < -0.4 is 10.6 Å². The van der Waals surface area contributed by atoms with Crippen molar-refractivity contribution in [1.29, 1.82) is 0 Å². The minimum absolute atomic E-state index is 0.00770. The SMILES string of the molecule is O=C(NCCc1ccc(F)cc1)C1Cc2ccccc2N1. The van der Waals surface area contributed by atoms with Crippen LogP contribution in [-0.4, -0.2) is 18.5 Å². The molecule has 0 aromatic heterocycles. The normalized spacial score (nSPS) is 16.1. The number of carbonyl (C=O) groups is 1. The van der Waals surface area contributed by atoms with Gasteiger partial charge >= 0.3 is 0 Å². The summed E-state index contributed by atoms with van der Waals surface area (Å²) in [5, 5.41) is 6.16. The third-order valence-corrected chi connectivity index (χ3v) is 3.71. The molecule has 0 saturated carbocycles. The lowest BCUT2D eigenvalue weighted by Crippen LogP contribution is -2.39. The van der Waals surface area contributed by atoms with Gasteiger partial charge in [0.15, 0.2) is 0 Å². The first kappa shape index (κ1) is 13.6. The first-order chi connectivity index (χ1) is 10.2. The molecular weight excluding hydrogens is 267 g/mol. The van der Waals surface area contributed by atoms with Crippen LogP contribution in [0.4, 0.5) is 10.1 Å². The minimum Gasteiger partial charge on any atom is -0.373 e. The minimum atomic E-state index is -0.240. The van der Waals surface area contributed by atoms with Crippen molar-refractivity contribution in [3.8, 4) is 0 Å². The van der Waals surface area contributed by atoms with Crippen LogP contribution in [0.2, 0.25) is 0 Å². The van der Waals surface area contributed by atoms with Gasteiger partial charge in [-0.15, -0.1) is 0 Å². The fourth-order valence-corrected chi connectivity index (χ4v) is 2.56. The molecule has 1 amide bonds. The molecule has 0 spiro atoms. The van der Waals surface area contributed by atoms with Crippen molar-refractivity contribution in [3.05, 3.63) is 65.5 Å². The van der Waals surface area contributed by atoms with Crippen molar-refractivity contribution in [2.75, 3.05) is 11.9 Å². The summed E-state index contributed by atoms with van der Waals surface area (Å²) in [6.45, 7) is 0.555. The van der Waals surface area contributed by atoms with Gasteiger partial charge in [-0.05, 0) is 35.7 Å². The number of benzene rings is 2. The largest absolute Gasteiger partial charge is 0.373 e. The molecule has 3 rings (SSSR count). The number of para-hydroxylation sites is 1. The second-order valence-corrected chi connectivity index (χ2v) is 5.23. The number of fused-ring (bicyclic) bond motifs is 1. The van der Waals surface area contributed by atoms with Gasteiger partial charge in [-0.25, -0.2) is 4.39 Å². The lowest BCUT2D eigenvalue weighted by molar-refractivity contribution is -0.121. The Labute approximate surface area is 123 Å². The van der Waals surface area contributed by atoms with Gasteiger partial charge < -0.3 is 10.6 Å². The molecule has 3 nitrogen and oxygen atoms in total. The smallest absolute Gasteiger partial charge is 0.242 e. The highest BCUT2D eigenvalue weighted by atomic mass is 19.1. The Bertz CT molecular complexity index is 614. The maximum absolute atomic E-state index is 12.8. The van der Waals surface area contributed by atoms with Crippen molar-refractivity contribution in [1.82, 2.24) is 5.32 Å². The number of amides is 1. The quantitative estimate of drug-likeness (QED) is 0.906. The Morgan fingerprint density at radius 2 is 1.95 bits per heavy atom. The number of nitrogens with one attached hydrogen (secondary N) is 2. The van der Waals surface area contributed by atoms with Crippen LogP contribution >= 0.6 is 0 Å². The third-order valence-electron chi connectivity index (χ3n) is 3.71. The van der Waals surface area contributed by atoms with E-state index in [2.05, 4.69) is 10.6 Å². The molecule has 1 aliphatic rings. The highest BCUT2D eigenvalue weighted by Gasteiger charge is 2.25. The Morgan fingerprint density at radius 3 is 2.71 bits per heavy atom. The molecule has 1 atom stereocenters. The molecule has 2 aromatic carbocycles. The molecule has 4 heteroatoms. The summed E-state index contributed by atoms with van der Waals surface area (Å²) in [4.78, 5) is 12.1. The van der Waals surface area contributed by atoms with E-state index < -0.39 is 0 Å². The molecule has 1 heterocycles. The maximum Gasteiger partial charge on any atom is 0.242 e. The predicted octanol–water partition coefficient (Wildman–Crippen LogP) is 2.52. The Hall–Kier alpha value is -2.36. The molecule has 0 aliphatic carbocycles. The molecule has 1 aliphatic heterocycles. The number of rotatable bonds is 4. The van der Waals surface area contributed by atoms with Gasteiger partial charge in [-0.3, -0.25) is 4.79 Å². The standard InChI is InChI=1S/C17H17FN2O/c18-14-7-5-12(6-8-14)9-10-19-17(21)16-11-13-3-1-2-4-15(13)20-16/h1-8,16,20H,9-11H2,(H,19,21). The van der Waals surface area contributed by atoms with E-state index in [0.717, 1.165) is 17.7 Å². The summed E-state index contributed by atoms with van der Waals surface area (Å²) in [7, 11) is 0. The highest BCUT2D eigenvalue weighted by molar-refractivity contribution is 5.87. The van der Waals surface area contributed by atoms with Crippen LogP contribution in [-0.2, 0) is 17.6 Å². The molecular formula is C17H17FN2O. The Kier molecular flexibility index (Phi) is 3.86. The summed E-state index contributed by atoms with van der Waals surface area (Å²) in [5.74, 6) is -0.232. The molecule has 0 bridgehead atoms. The maximum atomic E-state index is 12.8. The third kappa shape index (κ3) is 3.21. The van der Waals surface area contributed by atoms with Crippen LogP contribution in [0.5, 0.6) is 0 Å². The van der Waals surface area contributed by atoms with Gasteiger partial charge in [0.2, 0.25) is 5.91 Å². The van der Waals surface area contributed by atoms with Crippen LogP contribution in [0.15, 0.2) is 48.5 Å². The fourth-order valence-electron chi connectivity index (χ4n) is 2.56. The summed E-state index contributed by atoms with van der Waals surface area (Å²) >= 11 is 0. The molecule has 0 fully saturated rings. The van der Waals surface area contributed by atoms with Crippen LogP contribution in [0.1, 0.15) is 11.1 Å². The first-order valence-corrected chi connectivity index (χ1v) is 7.09. The van der Waals surface area contributed by atoms with E-state index in [9.17, 15) is 9.18 Å². The summed E-state index contributed by atoms with van der Waals surface area (Å²) in [6, 6.07) is 14.1. The van der Waals surface area contributed by atoms with E-state index in [1.807, 2.05) is 24.3 Å². The van der Waals surface area contributed by atoms with Gasteiger partial charge in [0.25, 0.3) is 0 Å². The van der Waals surface area contributed by atoms with Gasteiger partial charge in [-0.1, -0.05) is 30.3 Å². The average molecular weight is 284 g/mol. The van der Waals surface area contributed by atoms with Crippen molar-refractivity contribution in [3.63, 3.8) is 0 Å². The van der Waals surface area contributed by atoms with E-state index >= 15 is 0 Å². The Balaban J connectivity index is 1.48. The molecule has 1 unspecified atom stereocenters. The molecule has 2 aromatic rings. The van der Waals surface area contributed by atoms with Gasteiger partial charge in [0.1, 0.15) is 11.9 Å². The van der Waals surface area contributed by atoms with Gasteiger partial charge in [0.05, 0.1) is 0 Å². The summed E-state index contributed by atoms with van der Waals surface area (Å²) in [5.41, 5.74) is 3.23. The number of anilines is 1.